The van der Waals surface area contributed by atoms with Crippen LogP contribution in [0.1, 0.15) is 86.6 Å². The van der Waals surface area contributed by atoms with Crippen LogP contribution in [0.2, 0.25) is 0 Å². The van der Waals surface area contributed by atoms with Gasteiger partial charge in [0.1, 0.15) is 29.0 Å². The average molecular weight is 630 g/mol. The molecule has 1 fully saturated rings. The second-order valence-corrected chi connectivity index (χ2v) is 14.3. The zero-order chi connectivity index (χ0) is 33.6. The number of halogens is 3. The topological polar surface area (TPSA) is 91.8 Å². The fourth-order valence-corrected chi connectivity index (χ4v) is 6.35. The Hall–Kier alpha value is -3.33. The maximum absolute atomic E-state index is 14.9. The molecule has 2 N–H and O–H groups in total. The highest BCUT2D eigenvalue weighted by molar-refractivity contribution is 5.83. The third kappa shape index (κ3) is 6.51. The standard InChI is InChI=1S/C36H46F3NO5/c1-9-22-13-11-12-14-25(22)26-19-23-15-16-24(20-27(23)44-30(26)41)43-28-17-18-29(35(28,8)36(37,38)39)45-31(42)34(7,33(5,6)40)21-32(3,4)10-2/h11-16,19-20,28-29H,9-10,17-18,21,40H2,1-8H3. The molecule has 1 heterocycles. The van der Waals surface area contributed by atoms with Crippen LogP contribution in [-0.2, 0) is 16.0 Å². The number of esters is 1. The van der Waals surface area contributed by atoms with Gasteiger partial charge in [-0.15, -0.1) is 0 Å². The molecule has 0 aliphatic heterocycles. The lowest BCUT2D eigenvalue weighted by molar-refractivity contribution is -0.265. The number of nitrogens with two attached hydrogens (primary N) is 1. The molecule has 1 aliphatic rings. The largest absolute Gasteiger partial charge is 0.489 e. The number of hydrogen-bond acceptors (Lipinski definition) is 6. The molecule has 0 amide bonds. The highest BCUT2D eigenvalue weighted by Crippen LogP contribution is 2.54. The summed E-state index contributed by atoms with van der Waals surface area (Å²) in [5, 5.41) is 0.610. The molecule has 1 aliphatic carbocycles. The van der Waals surface area contributed by atoms with E-state index in [1.54, 1.807) is 39.0 Å². The van der Waals surface area contributed by atoms with E-state index in [0.717, 1.165) is 30.9 Å². The molecule has 0 spiro atoms. The molecule has 6 nitrogen and oxygen atoms in total. The third-order valence-electron chi connectivity index (χ3n) is 10.2. The predicted molar refractivity (Wildman–Crippen MR) is 170 cm³/mol. The Morgan fingerprint density at radius 3 is 2.22 bits per heavy atom. The van der Waals surface area contributed by atoms with Crippen molar-refractivity contribution in [2.24, 2.45) is 22.0 Å². The second-order valence-electron chi connectivity index (χ2n) is 14.3. The van der Waals surface area contributed by atoms with Gasteiger partial charge in [0.2, 0.25) is 0 Å². The monoisotopic (exact) mass is 629 g/mol. The fraction of sp³-hybridized carbons (Fsp3) is 0.556. The summed E-state index contributed by atoms with van der Waals surface area (Å²) in [7, 11) is 0. The Morgan fingerprint density at radius 1 is 0.978 bits per heavy atom. The average Bonchev–Trinajstić information content (AvgIpc) is 3.27. The maximum Gasteiger partial charge on any atom is 0.401 e. The van der Waals surface area contributed by atoms with Gasteiger partial charge < -0.3 is 19.6 Å². The Morgan fingerprint density at radius 2 is 1.62 bits per heavy atom. The number of ether oxygens (including phenoxy) is 2. The summed E-state index contributed by atoms with van der Waals surface area (Å²) in [6, 6.07) is 13.9. The Balaban J connectivity index is 1.63. The minimum Gasteiger partial charge on any atom is -0.489 e. The molecule has 0 saturated heterocycles. The van der Waals surface area contributed by atoms with Gasteiger partial charge in [0.15, 0.2) is 0 Å². The van der Waals surface area contributed by atoms with Crippen molar-refractivity contribution in [2.75, 3.05) is 0 Å². The first-order valence-corrected chi connectivity index (χ1v) is 15.7. The van der Waals surface area contributed by atoms with Crippen LogP contribution in [0.5, 0.6) is 5.75 Å². The summed E-state index contributed by atoms with van der Waals surface area (Å²) in [6.45, 7) is 14.1. The second kappa shape index (κ2) is 12.1. The summed E-state index contributed by atoms with van der Waals surface area (Å²) < 4.78 is 62.0. The van der Waals surface area contributed by atoms with Gasteiger partial charge in [-0.1, -0.05) is 58.4 Å². The van der Waals surface area contributed by atoms with E-state index in [0.29, 0.717) is 17.4 Å². The molecule has 4 atom stereocenters. The molecule has 1 saturated carbocycles. The van der Waals surface area contributed by atoms with E-state index in [4.69, 9.17) is 19.6 Å². The molecule has 246 valence electrons. The summed E-state index contributed by atoms with van der Waals surface area (Å²) >= 11 is 0. The summed E-state index contributed by atoms with van der Waals surface area (Å²) in [4.78, 5) is 26.7. The van der Waals surface area contributed by atoms with Gasteiger partial charge in [-0.05, 0) is 88.1 Å². The third-order valence-corrected chi connectivity index (χ3v) is 10.2. The summed E-state index contributed by atoms with van der Waals surface area (Å²) in [5.41, 5.74) is 3.24. The van der Waals surface area contributed by atoms with Crippen LogP contribution in [0.25, 0.3) is 22.1 Å². The number of fused-ring (bicyclic) bond motifs is 1. The van der Waals surface area contributed by atoms with Crippen molar-refractivity contribution in [3.8, 4) is 16.9 Å². The first-order chi connectivity index (χ1) is 20.8. The van der Waals surface area contributed by atoms with Gasteiger partial charge in [0, 0.05) is 17.0 Å². The maximum atomic E-state index is 14.9. The molecular formula is C36H46F3NO5. The molecule has 2 aromatic carbocycles. The normalized spacial score (nSPS) is 22.3. The molecule has 1 aromatic heterocycles. The molecular weight excluding hydrogens is 583 g/mol. The minimum absolute atomic E-state index is 0.00582. The van der Waals surface area contributed by atoms with Gasteiger partial charge in [0.05, 0.1) is 11.0 Å². The number of benzene rings is 2. The van der Waals surface area contributed by atoms with Crippen LogP contribution < -0.4 is 16.1 Å². The van der Waals surface area contributed by atoms with E-state index < -0.39 is 46.3 Å². The summed E-state index contributed by atoms with van der Waals surface area (Å²) in [6.07, 6.45) is -5.76. The van der Waals surface area contributed by atoms with Crippen molar-refractivity contribution < 1.29 is 31.9 Å². The van der Waals surface area contributed by atoms with Crippen molar-refractivity contribution in [2.45, 2.75) is 111 Å². The molecule has 9 heteroatoms. The molecule has 0 bridgehead atoms. The van der Waals surface area contributed by atoms with Crippen LogP contribution in [0.15, 0.2) is 57.7 Å². The van der Waals surface area contributed by atoms with E-state index in [1.165, 1.54) is 6.07 Å². The number of hydrogen-bond donors (Lipinski definition) is 1. The molecule has 3 aromatic rings. The molecule has 45 heavy (non-hydrogen) atoms. The zero-order valence-electron chi connectivity index (χ0n) is 27.6. The Bertz CT molecular complexity index is 1600. The van der Waals surface area contributed by atoms with Crippen LogP contribution >= 0.6 is 0 Å². The van der Waals surface area contributed by atoms with Gasteiger partial charge in [-0.2, -0.15) is 13.2 Å². The molecule has 4 rings (SSSR count). The fourth-order valence-electron chi connectivity index (χ4n) is 6.35. The van der Waals surface area contributed by atoms with Crippen molar-refractivity contribution in [1.82, 2.24) is 0 Å². The number of aryl methyl sites for hydroxylation is 1. The first kappa shape index (κ1) is 34.5. The summed E-state index contributed by atoms with van der Waals surface area (Å²) in [5.74, 6) is -0.622. The van der Waals surface area contributed by atoms with E-state index >= 15 is 0 Å². The van der Waals surface area contributed by atoms with Crippen LogP contribution in [-0.4, -0.2) is 29.9 Å². The zero-order valence-corrected chi connectivity index (χ0v) is 27.6. The number of alkyl halides is 3. The predicted octanol–water partition coefficient (Wildman–Crippen LogP) is 8.61. The van der Waals surface area contributed by atoms with Crippen molar-refractivity contribution >= 4 is 16.9 Å². The van der Waals surface area contributed by atoms with Gasteiger partial charge in [-0.25, -0.2) is 4.79 Å². The van der Waals surface area contributed by atoms with Gasteiger partial charge >= 0.3 is 17.8 Å². The van der Waals surface area contributed by atoms with E-state index in [1.807, 2.05) is 52.0 Å². The van der Waals surface area contributed by atoms with Crippen molar-refractivity contribution in [3.63, 3.8) is 0 Å². The van der Waals surface area contributed by atoms with Gasteiger partial charge in [-0.3, -0.25) is 4.79 Å². The minimum atomic E-state index is -4.75. The SMILES string of the molecule is CCc1ccccc1-c1cc2ccc(OC3CCC(OC(=O)C(C)(CC(C)(C)CC)C(C)(C)N)C3(C)C(F)(F)F)cc2oc1=O. The van der Waals surface area contributed by atoms with E-state index in [2.05, 4.69) is 0 Å². The van der Waals surface area contributed by atoms with Crippen molar-refractivity contribution in [1.29, 1.82) is 0 Å². The van der Waals surface area contributed by atoms with Crippen LogP contribution in [0.4, 0.5) is 13.2 Å². The smallest absolute Gasteiger partial charge is 0.401 e. The molecule has 4 unspecified atom stereocenters. The van der Waals surface area contributed by atoms with Crippen LogP contribution in [0, 0.1) is 16.2 Å². The molecule has 0 radical (unpaired) electrons. The lowest BCUT2D eigenvalue weighted by Gasteiger charge is -2.45. The number of rotatable bonds is 10. The highest BCUT2D eigenvalue weighted by atomic mass is 19.4. The Labute approximate surface area is 263 Å². The Kier molecular flexibility index (Phi) is 9.30. The quantitative estimate of drug-likeness (QED) is 0.178. The van der Waals surface area contributed by atoms with Gasteiger partial charge in [0.25, 0.3) is 0 Å². The number of carbonyl (C=O) groups is 1. The van der Waals surface area contributed by atoms with Crippen LogP contribution in [0.3, 0.4) is 0 Å². The van der Waals surface area contributed by atoms with E-state index in [-0.39, 0.29) is 29.6 Å². The van der Waals surface area contributed by atoms with Crippen molar-refractivity contribution in [3.05, 3.63) is 64.5 Å². The van der Waals surface area contributed by atoms with E-state index in [9.17, 15) is 22.8 Å². The highest BCUT2D eigenvalue weighted by Gasteiger charge is 2.67. The lowest BCUT2D eigenvalue weighted by atomic mass is 9.64. The first-order valence-electron chi connectivity index (χ1n) is 15.7. The number of carbonyl (C=O) groups excluding carboxylic acids is 1. The lowest BCUT2D eigenvalue weighted by Crippen LogP contribution is -2.58.